The van der Waals surface area contributed by atoms with Crippen molar-refractivity contribution in [2.24, 2.45) is 0 Å². The Labute approximate surface area is 140 Å². The van der Waals surface area contributed by atoms with E-state index < -0.39 is 17.4 Å². The van der Waals surface area contributed by atoms with Crippen molar-refractivity contribution in [2.75, 3.05) is 6.61 Å². The molecule has 1 aliphatic carbocycles. The zero-order valence-corrected chi connectivity index (χ0v) is 13.2. The molecule has 0 aliphatic heterocycles. The average Bonchev–Trinajstić information content (AvgIpc) is 3.08. The van der Waals surface area contributed by atoms with E-state index in [1.165, 1.54) is 0 Å². The van der Waals surface area contributed by atoms with E-state index in [0.717, 1.165) is 23.6 Å². The summed E-state index contributed by atoms with van der Waals surface area (Å²) in [6.07, 6.45) is 3.13. The summed E-state index contributed by atoms with van der Waals surface area (Å²) in [6, 6.07) is 15.0. The minimum Gasteiger partial charge on any atom is -0.452 e. The van der Waals surface area contributed by atoms with Crippen molar-refractivity contribution in [1.29, 1.82) is 5.26 Å². The lowest BCUT2D eigenvalue weighted by molar-refractivity contribution is -0.125. The summed E-state index contributed by atoms with van der Waals surface area (Å²) in [6.45, 7) is -0.383. The van der Waals surface area contributed by atoms with Gasteiger partial charge < -0.3 is 10.1 Å². The van der Waals surface area contributed by atoms with Gasteiger partial charge in [-0.2, -0.15) is 5.26 Å². The Morgan fingerprint density at radius 3 is 2.58 bits per heavy atom. The maximum atomic E-state index is 12.3. The van der Waals surface area contributed by atoms with Gasteiger partial charge in [-0.05, 0) is 42.5 Å². The number of benzene rings is 2. The van der Waals surface area contributed by atoms with Crippen LogP contribution in [-0.4, -0.2) is 24.0 Å². The first kappa shape index (κ1) is 16.0. The maximum absolute atomic E-state index is 12.3. The summed E-state index contributed by atoms with van der Waals surface area (Å²) in [4.78, 5) is 24.3. The lowest BCUT2D eigenvalue weighted by atomic mass is 10.00. The predicted molar refractivity (Wildman–Crippen MR) is 89.2 cm³/mol. The summed E-state index contributed by atoms with van der Waals surface area (Å²) >= 11 is 0. The molecule has 0 atom stereocenters. The fourth-order valence-corrected chi connectivity index (χ4v) is 3.16. The number of nitriles is 1. The van der Waals surface area contributed by atoms with Crippen LogP contribution >= 0.6 is 0 Å². The van der Waals surface area contributed by atoms with E-state index in [2.05, 4.69) is 11.4 Å². The van der Waals surface area contributed by atoms with Gasteiger partial charge >= 0.3 is 5.97 Å². The van der Waals surface area contributed by atoms with Gasteiger partial charge in [0, 0.05) is 0 Å². The van der Waals surface area contributed by atoms with Gasteiger partial charge in [-0.1, -0.05) is 36.4 Å². The van der Waals surface area contributed by atoms with E-state index in [4.69, 9.17) is 4.74 Å². The molecule has 24 heavy (non-hydrogen) atoms. The molecule has 0 radical (unpaired) electrons. The third-order valence-corrected chi connectivity index (χ3v) is 4.39. The zero-order valence-electron chi connectivity index (χ0n) is 13.2. The first-order valence-electron chi connectivity index (χ1n) is 8.01. The molecule has 0 aromatic heterocycles. The smallest absolute Gasteiger partial charge is 0.339 e. The molecular weight excluding hydrogens is 304 g/mol. The number of hydrogen-bond donors (Lipinski definition) is 1. The molecule has 5 heteroatoms. The number of fused-ring (bicyclic) bond motifs is 1. The Bertz CT molecular complexity index is 811. The number of amides is 1. The third kappa shape index (κ3) is 3.23. The molecule has 2 aromatic rings. The molecule has 1 amide bonds. The minimum atomic E-state index is -0.803. The largest absolute Gasteiger partial charge is 0.452 e. The quantitative estimate of drug-likeness (QED) is 0.878. The molecule has 0 bridgehead atoms. The molecule has 0 saturated heterocycles. The van der Waals surface area contributed by atoms with Crippen molar-refractivity contribution in [3.8, 4) is 6.07 Å². The molecule has 2 aromatic carbocycles. The first-order chi connectivity index (χ1) is 11.6. The van der Waals surface area contributed by atoms with Crippen molar-refractivity contribution in [3.63, 3.8) is 0 Å². The van der Waals surface area contributed by atoms with Crippen LogP contribution in [0.5, 0.6) is 0 Å². The fourth-order valence-electron chi connectivity index (χ4n) is 3.16. The van der Waals surface area contributed by atoms with Crippen molar-refractivity contribution >= 4 is 22.6 Å². The molecule has 5 nitrogen and oxygen atoms in total. The van der Waals surface area contributed by atoms with Gasteiger partial charge in [-0.25, -0.2) is 4.79 Å². The summed E-state index contributed by atoms with van der Waals surface area (Å²) in [5, 5.41) is 13.7. The molecular formula is C19H18N2O3. The second-order valence-electron chi connectivity index (χ2n) is 6.05. The van der Waals surface area contributed by atoms with Crippen LogP contribution < -0.4 is 5.32 Å². The Morgan fingerprint density at radius 2 is 1.83 bits per heavy atom. The van der Waals surface area contributed by atoms with Crippen LogP contribution in [0.15, 0.2) is 42.5 Å². The van der Waals surface area contributed by atoms with E-state index in [-0.39, 0.29) is 6.61 Å². The van der Waals surface area contributed by atoms with Crippen LogP contribution in [0.25, 0.3) is 10.8 Å². The van der Waals surface area contributed by atoms with Crippen molar-refractivity contribution in [2.45, 2.75) is 31.2 Å². The Balaban J connectivity index is 1.65. The summed E-state index contributed by atoms with van der Waals surface area (Å²) in [5.41, 5.74) is -0.375. The highest BCUT2D eigenvalue weighted by atomic mass is 16.5. The van der Waals surface area contributed by atoms with Gasteiger partial charge in [0.15, 0.2) is 6.61 Å². The number of nitrogens with one attached hydrogen (secondary N) is 1. The normalized spacial score (nSPS) is 15.6. The van der Waals surface area contributed by atoms with Crippen LogP contribution in [0.2, 0.25) is 0 Å². The number of nitrogens with zero attached hydrogens (tertiary/aromatic N) is 1. The van der Waals surface area contributed by atoms with E-state index in [1.807, 2.05) is 30.3 Å². The van der Waals surface area contributed by atoms with Crippen molar-refractivity contribution < 1.29 is 14.3 Å². The first-order valence-corrected chi connectivity index (χ1v) is 8.01. The monoisotopic (exact) mass is 322 g/mol. The van der Waals surface area contributed by atoms with E-state index in [1.54, 1.807) is 12.1 Å². The lowest BCUT2D eigenvalue weighted by Crippen LogP contribution is -2.46. The van der Waals surface area contributed by atoms with Crippen LogP contribution in [0.4, 0.5) is 0 Å². The van der Waals surface area contributed by atoms with Gasteiger partial charge in [0.05, 0.1) is 11.6 Å². The fraction of sp³-hybridized carbons (Fsp3) is 0.316. The molecule has 0 heterocycles. The second-order valence-corrected chi connectivity index (χ2v) is 6.05. The van der Waals surface area contributed by atoms with Gasteiger partial charge in [0.25, 0.3) is 5.91 Å². The van der Waals surface area contributed by atoms with Crippen LogP contribution in [-0.2, 0) is 9.53 Å². The van der Waals surface area contributed by atoms with Crippen molar-refractivity contribution in [1.82, 2.24) is 5.32 Å². The lowest BCUT2D eigenvalue weighted by Gasteiger charge is -2.21. The van der Waals surface area contributed by atoms with E-state index in [0.29, 0.717) is 18.4 Å². The molecule has 1 saturated carbocycles. The maximum Gasteiger partial charge on any atom is 0.339 e. The van der Waals surface area contributed by atoms with Gasteiger partial charge in [-0.15, -0.1) is 0 Å². The van der Waals surface area contributed by atoms with E-state index >= 15 is 0 Å². The van der Waals surface area contributed by atoms with Gasteiger partial charge in [-0.3, -0.25) is 4.79 Å². The van der Waals surface area contributed by atoms with Gasteiger partial charge in [0.1, 0.15) is 5.54 Å². The van der Waals surface area contributed by atoms with Crippen LogP contribution in [0, 0.1) is 11.3 Å². The van der Waals surface area contributed by atoms with E-state index in [9.17, 15) is 14.9 Å². The molecule has 1 fully saturated rings. The average molecular weight is 322 g/mol. The highest BCUT2D eigenvalue weighted by molar-refractivity contribution is 6.04. The Kier molecular flexibility index (Phi) is 4.48. The SMILES string of the molecule is N#CC1(NC(=O)COC(=O)c2cccc3ccccc23)CCCC1. The summed E-state index contributed by atoms with van der Waals surface area (Å²) in [7, 11) is 0. The number of hydrogen-bond acceptors (Lipinski definition) is 4. The molecule has 3 rings (SSSR count). The Hall–Kier alpha value is -2.87. The molecule has 0 unspecified atom stereocenters. The highest BCUT2D eigenvalue weighted by Crippen LogP contribution is 2.28. The predicted octanol–water partition coefficient (Wildman–Crippen LogP) is 2.95. The standard InChI is InChI=1S/C19H18N2O3/c20-13-19(10-3-4-11-19)21-17(22)12-24-18(23)16-9-5-7-14-6-1-2-8-15(14)16/h1-2,5-9H,3-4,10-12H2,(H,21,22). The molecule has 1 N–H and O–H groups in total. The van der Waals surface area contributed by atoms with Gasteiger partial charge in [0.2, 0.25) is 0 Å². The summed E-state index contributed by atoms with van der Waals surface area (Å²) in [5.74, 6) is -0.980. The van der Waals surface area contributed by atoms with Crippen LogP contribution in [0.3, 0.4) is 0 Å². The number of esters is 1. The Morgan fingerprint density at radius 1 is 1.12 bits per heavy atom. The number of carbonyl (C=O) groups excluding carboxylic acids is 2. The zero-order chi connectivity index (χ0) is 17.0. The van der Waals surface area contributed by atoms with Crippen LogP contribution in [0.1, 0.15) is 36.0 Å². The van der Waals surface area contributed by atoms with Crippen molar-refractivity contribution in [3.05, 3.63) is 48.0 Å². The molecule has 0 spiro atoms. The molecule has 1 aliphatic rings. The number of rotatable bonds is 4. The number of carbonyl (C=O) groups is 2. The third-order valence-electron chi connectivity index (χ3n) is 4.39. The highest BCUT2D eigenvalue weighted by Gasteiger charge is 2.35. The number of ether oxygens (including phenoxy) is 1. The molecule has 122 valence electrons. The topological polar surface area (TPSA) is 79.2 Å². The summed E-state index contributed by atoms with van der Waals surface area (Å²) < 4.78 is 5.14. The minimum absolute atomic E-state index is 0.383. The second kappa shape index (κ2) is 6.71.